The quantitative estimate of drug-likeness (QED) is 0.0480. The van der Waals surface area contributed by atoms with Crippen LogP contribution in [0.3, 0.4) is 0 Å². The summed E-state index contributed by atoms with van der Waals surface area (Å²) in [6, 6.07) is 46.8. The van der Waals surface area contributed by atoms with Gasteiger partial charge in [0.1, 0.15) is 42.3 Å². The third-order valence-corrected chi connectivity index (χ3v) is 14.9. The number of non-ortho nitro benzene ring substituents is 1. The van der Waals surface area contributed by atoms with Gasteiger partial charge in [0, 0.05) is 47.7 Å². The van der Waals surface area contributed by atoms with Crippen molar-refractivity contribution < 1.29 is 52.9 Å². The number of nitrogens with zero attached hydrogens (tertiary/aromatic N) is 4. The number of ether oxygens (including phenoxy) is 5. The van der Waals surface area contributed by atoms with Gasteiger partial charge < -0.3 is 39.0 Å². The fraction of sp³-hybridized carbons (Fsp3) is 0.226. The molecule has 79 heavy (non-hydrogen) atoms. The van der Waals surface area contributed by atoms with Crippen molar-refractivity contribution in [1.82, 2.24) is 4.90 Å². The molecular weight excluding hydrogens is 1010 g/mol. The third-order valence-electron chi connectivity index (χ3n) is 14.9. The van der Waals surface area contributed by atoms with Gasteiger partial charge in [-0.15, -0.1) is 0 Å². The van der Waals surface area contributed by atoms with E-state index in [1.165, 1.54) is 24.3 Å². The lowest BCUT2D eigenvalue weighted by Crippen LogP contribution is -2.54. The molecule has 0 radical (unpaired) electrons. The molecule has 1 spiro atoms. The normalized spacial score (nSPS) is 21.3. The summed E-state index contributed by atoms with van der Waals surface area (Å²) in [4.78, 5) is 79.8. The zero-order chi connectivity index (χ0) is 54.6. The number of nitrogens with one attached hydrogen (secondary N) is 1. The molecular formula is C62H53N5O12. The van der Waals surface area contributed by atoms with Crippen molar-refractivity contribution in [3.05, 3.63) is 225 Å². The number of hydrogen-bond donors (Lipinski definition) is 2. The SMILES string of the molecule is COc1ccc(C#Cc2ccc3c(c2)[C@]2(C(=O)N3C(=O)OCc3ccc([N+](=O)[O-])cc3)[C@H](c3cccc(OCCO)c3)N3[C@H](c4ccccc4)[C@H](c4ccccc4)OC(=O)[C@H]3[C@@H]2C(=O)Nc2ccc(N3CCOCC3)cc2)cc1. The van der Waals surface area contributed by atoms with Crippen molar-refractivity contribution in [2.24, 2.45) is 5.92 Å². The summed E-state index contributed by atoms with van der Waals surface area (Å²) < 4.78 is 29.6. The number of morpholine rings is 2. The van der Waals surface area contributed by atoms with Gasteiger partial charge in [0.05, 0.1) is 55.5 Å². The second-order valence-electron chi connectivity index (χ2n) is 19.4. The Morgan fingerprint density at radius 3 is 2.11 bits per heavy atom. The molecule has 11 rings (SSSR count). The minimum absolute atomic E-state index is 0.0671. The van der Waals surface area contributed by atoms with Gasteiger partial charge in [0.2, 0.25) is 11.8 Å². The fourth-order valence-corrected chi connectivity index (χ4v) is 11.4. The molecule has 0 bridgehead atoms. The smallest absolute Gasteiger partial charge is 0.421 e. The predicted octanol–water partition coefficient (Wildman–Crippen LogP) is 8.85. The number of amides is 3. The van der Waals surface area contributed by atoms with Crippen LogP contribution in [0.15, 0.2) is 176 Å². The number of imide groups is 1. The summed E-state index contributed by atoms with van der Waals surface area (Å²) in [5.41, 5.74) is 2.45. The fourth-order valence-electron chi connectivity index (χ4n) is 11.4. The number of cyclic esters (lactones) is 1. The van der Waals surface area contributed by atoms with Gasteiger partial charge in [-0.05, 0) is 119 Å². The van der Waals surface area contributed by atoms with E-state index in [4.69, 9.17) is 23.7 Å². The lowest BCUT2D eigenvalue weighted by Gasteiger charge is -2.46. The topological polar surface area (TPSA) is 200 Å². The Balaban J connectivity index is 1.15. The lowest BCUT2D eigenvalue weighted by atomic mass is 9.65. The summed E-state index contributed by atoms with van der Waals surface area (Å²) in [5.74, 6) is 3.36. The Morgan fingerprint density at radius 1 is 0.759 bits per heavy atom. The molecule has 3 amide bonds. The minimum Gasteiger partial charge on any atom is -0.497 e. The molecule has 6 atom stereocenters. The first-order valence-electron chi connectivity index (χ1n) is 25.8. The third kappa shape index (κ3) is 9.89. The first kappa shape index (κ1) is 51.8. The maximum Gasteiger partial charge on any atom is 0.421 e. The second kappa shape index (κ2) is 22.3. The van der Waals surface area contributed by atoms with E-state index in [0.29, 0.717) is 76.9 Å². The van der Waals surface area contributed by atoms with Crippen molar-refractivity contribution in [2.45, 2.75) is 36.3 Å². The van der Waals surface area contributed by atoms with E-state index in [1.54, 1.807) is 86.0 Å². The summed E-state index contributed by atoms with van der Waals surface area (Å²) in [6.45, 7) is 1.73. The van der Waals surface area contributed by atoms with Crippen molar-refractivity contribution >= 4 is 46.6 Å². The Bertz CT molecular complexity index is 3470. The number of rotatable bonds is 13. The molecule has 3 saturated heterocycles. The van der Waals surface area contributed by atoms with E-state index in [0.717, 1.165) is 10.6 Å². The highest BCUT2D eigenvalue weighted by Gasteiger charge is 2.76. The van der Waals surface area contributed by atoms with Gasteiger partial charge in [-0.3, -0.25) is 29.4 Å². The van der Waals surface area contributed by atoms with Crippen LogP contribution >= 0.6 is 0 Å². The van der Waals surface area contributed by atoms with Crippen LogP contribution in [0.5, 0.6) is 11.5 Å². The summed E-state index contributed by atoms with van der Waals surface area (Å²) >= 11 is 0. The molecule has 0 aliphatic carbocycles. The molecule has 398 valence electrons. The number of anilines is 3. The minimum atomic E-state index is -2.19. The largest absolute Gasteiger partial charge is 0.497 e. The number of aliphatic hydroxyl groups is 1. The zero-order valence-electron chi connectivity index (χ0n) is 42.8. The van der Waals surface area contributed by atoms with Crippen LogP contribution in [0.25, 0.3) is 0 Å². The Labute approximate surface area is 455 Å². The van der Waals surface area contributed by atoms with E-state index in [-0.39, 0.29) is 36.8 Å². The number of fused-ring (bicyclic) bond motifs is 3. The van der Waals surface area contributed by atoms with Crippen LogP contribution < -0.4 is 24.6 Å². The molecule has 0 unspecified atom stereocenters. The summed E-state index contributed by atoms with van der Waals surface area (Å²) in [7, 11) is 1.57. The van der Waals surface area contributed by atoms with Crippen molar-refractivity contribution in [2.75, 3.05) is 61.7 Å². The van der Waals surface area contributed by atoms with Crippen LogP contribution in [0.4, 0.5) is 27.5 Å². The molecule has 17 heteroatoms. The van der Waals surface area contributed by atoms with E-state index in [1.807, 2.05) is 77.7 Å². The van der Waals surface area contributed by atoms with Crippen LogP contribution in [0.1, 0.15) is 57.1 Å². The average molecular weight is 1060 g/mol. The van der Waals surface area contributed by atoms with Crippen molar-refractivity contribution in [3.63, 3.8) is 0 Å². The number of aliphatic hydroxyl groups excluding tert-OH is 1. The molecule has 17 nitrogen and oxygen atoms in total. The molecule has 7 aromatic carbocycles. The Hall–Kier alpha value is -9.34. The van der Waals surface area contributed by atoms with Gasteiger partial charge >= 0.3 is 12.1 Å². The maximum absolute atomic E-state index is 16.8. The molecule has 0 aromatic heterocycles. The van der Waals surface area contributed by atoms with Crippen LogP contribution in [-0.2, 0) is 40.6 Å². The molecule has 4 aliphatic rings. The van der Waals surface area contributed by atoms with Crippen molar-refractivity contribution in [1.29, 1.82) is 0 Å². The number of carbonyl (C=O) groups excluding carboxylic acids is 4. The summed E-state index contributed by atoms with van der Waals surface area (Å²) in [6.07, 6.45) is -2.10. The highest BCUT2D eigenvalue weighted by atomic mass is 16.6. The van der Waals surface area contributed by atoms with Gasteiger partial charge in [-0.25, -0.2) is 9.69 Å². The monoisotopic (exact) mass is 1060 g/mol. The van der Waals surface area contributed by atoms with Crippen LogP contribution in [-0.4, -0.2) is 91.5 Å². The number of methoxy groups -OCH3 is 1. The molecule has 3 fully saturated rings. The number of esters is 1. The molecule has 4 aliphatic heterocycles. The maximum atomic E-state index is 16.8. The second-order valence-corrected chi connectivity index (χ2v) is 19.4. The van der Waals surface area contributed by atoms with E-state index in [2.05, 4.69) is 22.1 Å². The molecule has 2 N–H and O–H groups in total. The van der Waals surface area contributed by atoms with Gasteiger partial charge in [0.25, 0.3) is 5.69 Å². The predicted molar refractivity (Wildman–Crippen MR) is 291 cm³/mol. The Morgan fingerprint density at radius 2 is 1.43 bits per heavy atom. The average Bonchev–Trinajstić information content (AvgIpc) is 2.50. The van der Waals surface area contributed by atoms with Crippen molar-refractivity contribution in [3.8, 4) is 23.3 Å². The first-order chi connectivity index (χ1) is 38.6. The number of benzene rings is 7. The van der Waals surface area contributed by atoms with E-state index >= 15 is 19.2 Å². The molecule has 7 aromatic rings. The number of nitro benzene ring substituents is 1. The first-order valence-corrected chi connectivity index (χ1v) is 25.8. The van der Waals surface area contributed by atoms with Crippen LogP contribution in [0, 0.1) is 27.9 Å². The van der Waals surface area contributed by atoms with Gasteiger partial charge in [-0.2, -0.15) is 0 Å². The number of hydrogen-bond acceptors (Lipinski definition) is 14. The van der Waals surface area contributed by atoms with E-state index in [9.17, 15) is 15.2 Å². The van der Waals surface area contributed by atoms with Crippen LogP contribution in [0.2, 0.25) is 0 Å². The standard InChI is InChI=1S/C62H53N5O12/c1-75-49-28-19-40(20-29-49)15-16-41-21-30-52-51(37-41)62(60(71)65(52)61(72)78-39-42-17-24-48(25-18-42)67(73)74)53(58(69)63-46-22-26-47(27-23-46)64-31-34-76-35-32-64)55-59(70)79-56(44-11-6-3-7-12-44)54(43-9-4-2-5-10-43)66(55)57(62)45-13-8-14-50(38-45)77-36-33-68/h2-14,17-30,37-38,53-57,68H,31-36,39H2,1H3,(H,63,69)/t53-,54-,55-,56+,57+,62-/m1/s1. The molecule has 0 saturated carbocycles. The summed E-state index contributed by atoms with van der Waals surface area (Å²) in [5, 5.41) is 24.6. The van der Waals surface area contributed by atoms with E-state index < -0.39 is 64.4 Å². The Kier molecular flexibility index (Phi) is 14.6. The number of nitro groups is 1. The molecule has 4 heterocycles. The highest BCUT2D eigenvalue weighted by molar-refractivity contribution is 6.24. The zero-order valence-corrected chi connectivity index (χ0v) is 42.8. The highest BCUT2D eigenvalue weighted by Crippen LogP contribution is 2.66. The number of carbonyl (C=O) groups is 4. The van der Waals surface area contributed by atoms with Gasteiger partial charge in [0.15, 0.2) is 0 Å². The lowest BCUT2D eigenvalue weighted by molar-refractivity contribution is -0.384. The van der Waals surface area contributed by atoms with Gasteiger partial charge in [-0.1, -0.05) is 84.6 Å².